The van der Waals surface area contributed by atoms with Crippen LogP contribution in [0.3, 0.4) is 0 Å². The number of likely N-dealkylation sites (N-methyl/N-ethyl adjacent to an activating group) is 1. The topological polar surface area (TPSA) is 78.4 Å². The monoisotopic (exact) mass is 252 g/mol. The second kappa shape index (κ2) is 5.77. The molecule has 0 bridgehead atoms. The minimum Gasteiger partial charge on any atom is -0.389 e. The minimum absolute atomic E-state index is 0.243. The summed E-state index contributed by atoms with van der Waals surface area (Å²) in [5.74, 6) is 0.734. The molecule has 0 fully saturated rings. The first kappa shape index (κ1) is 14.4. The highest BCUT2D eigenvalue weighted by Crippen LogP contribution is 2.07. The summed E-state index contributed by atoms with van der Waals surface area (Å²) < 4.78 is 0. The van der Waals surface area contributed by atoms with Gasteiger partial charge in [-0.25, -0.2) is 14.8 Å². The summed E-state index contributed by atoms with van der Waals surface area (Å²) >= 11 is 0. The molecule has 2 N–H and O–H groups in total. The number of nitrogens with one attached hydrogen (secondary N) is 1. The molecular weight excluding hydrogens is 232 g/mol. The molecule has 1 aromatic rings. The number of rotatable bonds is 4. The Kier molecular flexibility index (Phi) is 4.61. The fourth-order valence-corrected chi connectivity index (χ4v) is 1.47. The Bertz CT molecular complexity index is 398. The van der Waals surface area contributed by atoms with Crippen LogP contribution in [0.5, 0.6) is 0 Å². The van der Waals surface area contributed by atoms with Crippen LogP contribution in [0.1, 0.15) is 26.6 Å². The number of carbonyl (C=O) groups is 1. The molecule has 18 heavy (non-hydrogen) atoms. The van der Waals surface area contributed by atoms with Gasteiger partial charge in [0.25, 0.3) is 0 Å². The van der Waals surface area contributed by atoms with Gasteiger partial charge < -0.3 is 15.3 Å². The fourth-order valence-electron chi connectivity index (χ4n) is 1.47. The minimum atomic E-state index is -0.922. The van der Waals surface area contributed by atoms with Crippen molar-refractivity contribution in [2.75, 3.05) is 18.9 Å². The standard InChI is InChI=1S/C12H20N4O2/c1-5-10-13-6-9(7-14-10)15-11(17)16(4)8-12(2,3)18/h6-7,18H,5,8H2,1-4H3,(H,15,17). The summed E-state index contributed by atoms with van der Waals surface area (Å²) in [7, 11) is 1.62. The van der Waals surface area contributed by atoms with E-state index < -0.39 is 5.60 Å². The zero-order valence-electron chi connectivity index (χ0n) is 11.3. The first-order valence-electron chi connectivity index (χ1n) is 5.87. The van der Waals surface area contributed by atoms with Gasteiger partial charge in [-0.2, -0.15) is 0 Å². The number of hydrogen-bond donors (Lipinski definition) is 2. The summed E-state index contributed by atoms with van der Waals surface area (Å²) in [6, 6.07) is -0.301. The van der Waals surface area contributed by atoms with E-state index in [-0.39, 0.29) is 12.6 Å². The van der Waals surface area contributed by atoms with Crippen molar-refractivity contribution in [3.05, 3.63) is 18.2 Å². The van der Waals surface area contributed by atoms with Gasteiger partial charge in [0.05, 0.1) is 30.2 Å². The summed E-state index contributed by atoms with van der Waals surface area (Å²) in [5.41, 5.74) is -0.380. The van der Waals surface area contributed by atoms with Gasteiger partial charge in [-0.05, 0) is 13.8 Å². The van der Waals surface area contributed by atoms with Crippen molar-refractivity contribution in [3.63, 3.8) is 0 Å². The SMILES string of the molecule is CCc1ncc(NC(=O)N(C)CC(C)(C)O)cn1. The zero-order valence-corrected chi connectivity index (χ0v) is 11.3. The lowest BCUT2D eigenvalue weighted by Crippen LogP contribution is -2.41. The molecule has 0 aliphatic carbocycles. The predicted octanol–water partition coefficient (Wildman–Crippen LogP) is 1.27. The highest BCUT2D eigenvalue weighted by molar-refractivity contribution is 5.88. The number of hydrogen-bond acceptors (Lipinski definition) is 4. The van der Waals surface area contributed by atoms with Crippen LogP contribution in [0.2, 0.25) is 0 Å². The first-order valence-corrected chi connectivity index (χ1v) is 5.87. The molecule has 1 rings (SSSR count). The highest BCUT2D eigenvalue weighted by atomic mass is 16.3. The van der Waals surface area contributed by atoms with E-state index in [4.69, 9.17) is 0 Å². The normalized spacial score (nSPS) is 11.2. The molecule has 2 amide bonds. The van der Waals surface area contributed by atoms with Gasteiger partial charge in [-0.15, -0.1) is 0 Å². The van der Waals surface area contributed by atoms with Gasteiger partial charge in [0, 0.05) is 13.5 Å². The number of aromatic nitrogens is 2. The van der Waals surface area contributed by atoms with E-state index >= 15 is 0 Å². The zero-order chi connectivity index (χ0) is 13.8. The molecule has 0 radical (unpaired) electrons. The lowest BCUT2D eigenvalue weighted by atomic mass is 10.1. The van der Waals surface area contributed by atoms with Crippen LogP contribution in [0.15, 0.2) is 12.4 Å². The van der Waals surface area contributed by atoms with Gasteiger partial charge in [0.15, 0.2) is 0 Å². The summed E-state index contributed by atoms with van der Waals surface area (Å²) in [6.07, 6.45) is 3.90. The summed E-state index contributed by atoms with van der Waals surface area (Å²) in [4.78, 5) is 21.4. The van der Waals surface area contributed by atoms with Crippen LogP contribution in [0.4, 0.5) is 10.5 Å². The Morgan fingerprint density at radius 1 is 1.44 bits per heavy atom. The number of amides is 2. The second-order valence-corrected chi connectivity index (χ2v) is 4.84. The molecule has 0 spiro atoms. The number of nitrogens with zero attached hydrogens (tertiary/aromatic N) is 3. The molecule has 0 aliphatic rings. The van der Waals surface area contributed by atoms with Gasteiger partial charge in [-0.1, -0.05) is 6.92 Å². The van der Waals surface area contributed by atoms with Crippen molar-refractivity contribution in [3.8, 4) is 0 Å². The number of aryl methyl sites for hydroxylation is 1. The third-order valence-electron chi connectivity index (χ3n) is 2.24. The number of carbonyl (C=O) groups excluding carboxylic acids is 1. The average molecular weight is 252 g/mol. The van der Waals surface area contributed by atoms with Crippen molar-refractivity contribution in [1.82, 2.24) is 14.9 Å². The van der Waals surface area contributed by atoms with Crippen molar-refractivity contribution in [1.29, 1.82) is 0 Å². The smallest absolute Gasteiger partial charge is 0.321 e. The highest BCUT2D eigenvalue weighted by Gasteiger charge is 2.19. The molecule has 1 heterocycles. The van der Waals surface area contributed by atoms with Crippen LogP contribution >= 0.6 is 0 Å². The molecule has 0 aliphatic heterocycles. The number of urea groups is 1. The van der Waals surface area contributed by atoms with E-state index in [9.17, 15) is 9.90 Å². The van der Waals surface area contributed by atoms with Crippen LogP contribution in [-0.4, -0.2) is 45.2 Å². The third-order valence-corrected chi connectivity index (χ3v) is 2.24. The molecule has 6 nitrogen and oxygen atoms in total. The molecule has 0 saturated carbocycles. The van der Waals surface area contributed by atoms with E-state index in [1.165, 1.54) is 4.90 Å². The second-order valence-electron chi connectivity index (χ2n) is 4.84. The van der Waals surface area contributed by atoms with Crippen molar-refractivity contribution in [2.24, 2.45) is 0 Å². The van der Waals surface area contributed by atoms with Crippen LogP contribution in [0, 0.1) is 0 Å². The lowest BCUT2D eigenvalue weighted by Gasteiger charge is -2.25. The Hall–Kier alpha value is -1.69. The van der Waals surface area contributed by atoms with E-state index in [1.54, 1.807) is 33.3 Å². The van der Waals surface area contributed by atoms with E-state index in [0.29, 0.717) is 5.69 Å². The van der Waals surface area contributed by atoms with E-state index in [1.807, 2.05) is 6.92 Å². The van der Waals surface area contributed by atoms with Crippen LogP contribution in [-0.2, 0) is 6.42 Å². The molecule has 0 aromatic carbocycles. The van der Waals surface area contributed by atoms with Crippen molar-refractivity contribution >= 4 is 11.7 Å². The van der Waals surface area contributed by atoms with Crippen molar-refractivity contribution in [2.45, 2.75) is 32.8 Å². The molecule has 0 atom stereocenters. The average Bonchev–Trinajstić information content (AvgIpc) is 2.27. The molecule has 0 saturated heterocycles. The quantitative estimate of drug-likeness (QED) is 0.846. The predicted molar refractivity (Wildman–Crippen MR) is 69.4 cm³/mol. The number of anilines is 1. The molecule has 100 valence electrons. The van der Waals surface area contributed by atoms with Gasteiger partial charge in [0.2, 0.25) is 0 Å². The van der Waals surface area contributed by atoms with Gasteiger partial charge in [0.1, 0.15) is 5.82 Å². The van der Waals surface area contributed by atoms with Crippen molar-refractivity contribution < 1.29 is 9.90 Å². The maximum absolute atomic E-state index is 11.8. The Labute approximate surface area is 107 Å². The van der Waals surface area contributed by atoms with Crippen LogP contribution in [0.25, 0.3) is 0 Å². The van der Waals surface area contributed by atoms with E-state index in [2.05, 4.69) is 15.3 Å². The molecule has 0 unspecified atom stereocenters. The Balaban J connectivity index is 2.58. The Morgan fingerprint density at radius 2 is 2.00 bits per heavy atom. The fraction of sp³-hybridized carbons (Fsp3) is 0.583. The number of aliphatic hydroxyl groups is 1. The third kappa shape index (κ3) is 4.67. The Morgan fingerprint density at radius 3 is 2.44 bits per heavy atom. The molecular formula is C12H20N4O2. The van der Waals surface area contributed by atoms with Gasteiger partial charge >= 0.3 is 6.03 Å². The maximum Gasteiger partial charge on any atom is 0.321 e. The summed E-state index contributed by atoms with van der Waals surface area (Å²) in [6.45, 7) is 5.50. The van der Waals surface area contributed by atoms with Gasteiger partial charge in [-0.3, -0.25) is 0 Å². The van der Waals surface area contributed by atoms with E-state index in [0.717, 1.165) is 12.2 Å². The van der Waals surface area contributed by atoms with Crippen LogP contribution < -0.4 is 5.32 Å². The maximum atomic E-state index is 11.8. The molecule has 6 heteroatoms. The molecule has 1 aromatic heterocycles. The lowest BCUT2D eigenvalue weighted by molar-refractivity contribution is 0.0550. The summed E-state index contributed by atoms with van der Waals surface area (Å²) in [5, 5.41) is 12.3. The first-order chi connectivity index (χ1) is 8.31. The largest absolute Gasteiger partial charge is 0.389 e.